The molecule has 1 aromatic carbocycles. The molecule has 1 saturated carbocycles. The van der Waals surface area contributed by atoms with E-state index in [2.05, 4.69) is 4.98 Å². The number of carboxylic acids is 1. The fourth-order valence-electron chi connectivity index (χ4n) is 3.09. The number of hydrogen-bond acceptors (Lipinski definition) is 2. The molecular formula is C14H15ClN2O2. The van der Waals surface area contributed by atoms with E-state index in [0.29, 0.717) is 5.02 Å². The molecule has 19 heavy (non-hydrogen) atoms. The van der Waals surface area contributed by atoms with Crippen molar-refractivity contribution in [2.75, 3.05) is 0 Å². The first-order valence-corrected chi connectivity index (χ1v) is 6.80. The molecule has 0 saturated heterocycles. The van der Waals surface area contributed by atoms with E-state index >= 15 is 0 Å². The van der Waals surface area contributed by atoms with Crippen LogP contribution in [0.1, 0.15) is 31.0 Å². The maximum Gasteiger partial charge on any atom is 0.307 e. The summed E-state index contributed by atoms with van der Waals surface area (Å²) < 4.78 is 2.00. The van der Waals surface area contributed by atoms with Crippen LogP contribution in [0, 0.1) is 5.92 Å². The molecule has 2 aromatic rings. The molecular weight excluding hydrogens is 264 g/mol. The lowest BCUT2D eigenvalue weighted by Crippen LogP contribution is -2.19. The highest BCUT2D eigenvalue weighted by Crippen LogP contribution is 2.40. The molecule has 100 valence electrons. The number of nitrogens with zero attached hydrogens (tertiary/aromatic N) is 2. The van der Waals surface area contributed by atoms with Gasteiger partial charge in [-0.3, -0.25) is 4.79 Å². The van der Waals surface area contributed by atoms with E-state index in [1.807, 2.05) is 29.8 Å². The van der Waals surface area contributed by atoms with Gasteiger partial charge in [0, 0.05) is 18.0 Å². The monoisotopic (exact) mass is 278 g/mol. The fourth-order valence-corrected chi connectivity index (χ4v) is 3.25. The number of halogens is 1. The van der Waals surface area contributed by atoms with Crippen LogP contribution in [0.15, 0.2) is 18.2 Å². The highest BCUT2D eigenvalue weighted by molar-refractivity contribution is 6.31. The van der Waals surface area contributed by atoms with Gasteiger partial charge >= 0.3 is 5.97 Å². The van der Waals surface area contributed by atoms with E-state index in [9.17, 15) is 9.90 Å². The summed E-state index contributed by atoms with van der Waals surface area (Å²) in [6.07, 6.45) is 2.58. The van der Waals surface area contributed by atoms with Crippen molar-refractivity contribution in [2.24, 2.45) is 13.0 Å². The molecule has 1 aliphatic rings. The average Bonchev–Trinajstić information content (AvgIpc) is 2.94. The zero-order valence-electron chi connectivity index (χ0n) is 10.6. The molecule has 2 unspecified atom stereocenters. The number of rotatable bonds is 2. The second-order valence-electron chi connectivity index (χ2n) is 5.14. The average molecular weight is 279 g/mol. The second-order valence-corrected chi connectivity index (χ2v) is 5.58. The van der Waals surface area contributed by atoms with Gasteiger partial charge in [0.1, 0.15) is 5.82 Å². The Morgan fingerprint density at radius 3 is 3.00 bits per heavy atom. The van der Waals surface area contributed by atoms with Gasteiger partial charge in [0.25, 0.3) is 0 Å². The van der Waals surface area contributed by atoms with E-state index in [1.165, 1.54) is 0 Å². The van der Waals surface area contributed by atoms with E-state index in [1.54, 1.807) is 0 Å². The van der Waals surface area contributed by atoms with Gasteiger partial charge in [-0.15, -0.1) is 0 Å². The van der Waals surface area contributed by atoms with E-state index < -0.39 is 5.97 Å². The predicted molar refractivity (Wildman–Crippen MR) is 73.4 cm³/mol. The Morgan fingerprint density at radius 1 is 1.47 bits per heavy atom. The highest BCUT2D eigenvalue weighted by Gasteiger charge is 2.36. The summed E-state index contributed by atoms with van der Waals surface area (Å²) in [6, 6.07) is 5.59. The van der Waals surface area contributed by atoms with Crippen LogP contribution in [0.2, 0.25) is 5.02 Å². The molecule has 0 amide bonds. The van der Waals surface area contributed by atoms with Crippen molar-refractivity contribution >= 4 is 28.6 Å². The minimum atomic E-state index is -0.715. The molecule has 4 nitrogen and oxygen atoms in total. The van der Waals surface area contributed by atoms with Crippen molar-refractivity contribution in [3.8, 4) is 0 Å². The summed E-state index contributed by atoms with van der Waals surface area (Å²) in [5.74, 6) is -0.158. The fraction of sp³-hybridized carbons (Fsp3) is 0.429. The van der Waals surface area contributed by atoms with E-state index in [4.69, 9.17) is 11.6 Å². The molecule has 1 N–H and O–H groups in total. The topological polar surface area (TPSA) is 55.1 Å². The van der Waals surface area contributed by atoms with Crippen molar-refractivity contribution in [3.63, 3.8) is 0 Å². The van der Waals surface area contributed by atoms with Crippen molar-refractivity contribution in [1.29, 1.82) is 0 Å². The Balaban J connectivity index is 2.10. The zero-order valence-corrected chi connectivity index (χ0v) is 11.4. The Morgan fingerprint density at radius 2 is 2.26 bits per heavy atom. The molecule has 0 bridgehead atoms. The predicted octanol–water partition coefficient (Wildman–Crippen LogP) is 3.20. The number of fused-ring (bicyclic) bond motifs is 1. The summed E-state index contributed by atoms with van der Waals surface area (Å²) >= 11 is 5.98. The number of imidazole rings is 1. The quantitative estimate of drug-likeness (QED) is 0.918. The van der Waals surface area contributed by atoms with Gasteiger partial charge in [0.15, 0.2) is 0 Å². The normalized spacial score (nSPS) is 23.1. The van der Waals surface area contributed by atoms with Crippen LogP contribution in [-0.2, 0) is 11.8 Å². The lowest BCUT2D eigenvalue weighted by molar-refractivity contribution is -0.142. The molecule has 3 rings (SSSR count). The number of aromatic nitrogens is 2. The molecule has 1 fully saturated rings. The number of carbonyl (C=O) groups is 1. The van der Waals surface area contributed by atoms with E-state index in [-0.39, 0.29) is 11.8 Å². The van der Waals surface area contributed by atoms with E-state index in [0.717, 1.165) is 36.1 Å². The van der Waals surface area contributed by atoms with Crippen LogP contribution in [0.5, 0.6) is 0 Å². The summed E-state index contributed by atoms with van der Waals surface area (Å²) in [7, 11) is 1.94. The lowest BCUT2D eigenvalue weighted by Gasteiger charge is -2.15. The van der Waals surface area contributed by atoms with Gasteiger partial charge in [0.05, 0.1) is 17.0 Å². The van der Waals surface area contributed by atoms with Crippen molar-refractivity contribution in [2.45, 2.75) is 25.2 Å². The van der Waals surface area contributed by atoms with Crippen molar-refractivity contribution < 1.29 is 9.90 Å². The Hall–Kier alpha value is -1.55. The third-order valence-electron chi connectivity index (χ3n) is 4.04. The third-order valence-corrected chi connectivity index (χ3v) is 4.28. The van der Waals surface area contributed by atoms with Crippen LogP contribution in [-0.4, -0.2) is 20.6 Å². The molecule has 1 aromatic heterocycles. The van der Waals surface area contributed by atoms with Gasteiger partial charge in [-0.1, -0.05) is 18.0 Å². The second kappa shape index (κ2) is 4.53. The van der Waals surface area contributed by atoms with Gasteiger partial charge in [-0.2, -0.15) is 0 Å². The minimum Gasteiger partial charge on any atom is -0.481 e. The molecule has 5 heteroatoms. The summed E-state index contributed by atoms with van der Waals surface area (Å²) in [6.45, 7) is 0. The van der Waals surface area contributed by atoms with Crippen LogP contribution >= 0.6 is 11.6 Å². The molecule has 0 aliphatic heterocycles. The van der Waals surface area contributed by atoms with Gasteiger partial charge < -0.3 is 9.67 Å². The van der Waals surface area contributed by atoms with Crippen LogP contribution < -0.4 is 0 Å². The van der Waals surface area contributed by atoms with Gasteiger partial charge in [0.2, 0.25) is 0 Å². The Bertz CT molecular complexity index is 650. The number of aliphatic carboxylic acids is 1. The first kappa shape index (κ1) is 12.5. The maximum atomic E-state index is 11.3. The Kier molecular flexibility index (Phi) is 2.97. The molecule has 0 radical (unpaired) electrons. The Labute approximate surface area is 116 Å². The molecule has 0 spiro atoms. The SMILES string of the molecule is Cn1c(C2CCCC2C(=O)O)nc2cc(Cl)ccc21. The smallest absolute Gasteiger partial charge is 0.307 e. The number of carboxylic acid groups (broad SMARTS) is 1. The summed E-state index contributed by atoms with van der Waals surface area (Å²) in [4.78, 5) is 15.9. The van der Waals surface area contributed by atoms with Crippen LogP contribution in [0.4, 0.5) is 0 Å². The van der Waals surface area contributed by atoms with Crippen molar-refractivity contribution in [3.05, 3.63) is 29.0 Å². The summed E-state index contributed by atoms with van der Waals surface area (Å²) in [5.41, 5.74) is 1.83. The zero-order chi connectivity index (χ0) is 13.6. The molecule has 1 heterocycles. The van der Waals surface area contributed by atoms with Gasteiger partial charge in [-0.25, -0.2) is 4.98 Å². The first-order valence-electron chi connectivity index (χ1n) is 6.42. The standard InChI is InChI=1S/C14H15ClN2O2/c1-17-12-6-5-8(15)7-11(12)16-13(17)9-3-2-4-10(9)14(18)19/h5-7,9-10H,2-4H2,1H3,(H,18,19). The maximum absolute atomic E-state index is 11.3. The largest absolute Gasteiger partial charge is 0.481 e. The summed E-state index contributed by atoms with van der Waals surface area (Å²) in [5, 5.41) is 9.95. The van der Waals surface area contributed by atoms with Gasteiger partial charge in [-0.05, 0) is 31.0 Å². The molecule has 2 atom stereocenters. The lowest BCUT2D eigenvalue weighted by atomic mass is 9.95. The molecule has 1 aliphatic carbocycles. The minimum absolute atomic E-state index is 0.00803. The number of benzene rings is 1. The number of hydrogen-bond donors (Lipinski definition) is 1. The van der Waals surface area contributed by atoms with Crippen LogP contribution in [0.25, 0.3) is 11.0 Å². The third kappa shape index (κ3) is 2.00. The van der Waals surface area contributed by atoms with Crippen molar-refractivity contribution in [1.82, 2.24) is 9.55 Å². The first-order chi connectivity index (χ1) is 9.08. The highest BCUT2D eigenvalue weighted by atomic mass is 35.5. The number of aryl methyl sites for hydroxylation is 1. The van der Waals surface area contributed by atoms with Crippen LogP contribution in [0.3, 0.4) is 0 Å².